The second kappa shape index (κ2) is 5.86. The van der Waals surface area contributed by atoms with Crippen LogP contribution in [0, 0.1) is 5.41 Å². The minimum absolute atomic E-state index is 0.419. The summed E-state index contributed by atoms with van der Waals surface area (Å²) in [6, 6.07) is 0.813. The second-order valence-electron chi connectivity index (χ2n) is 6.23. The van der Waals surface area contributed by atoms with Crippen LogP contribution in [0.3, 0.4) is 0 Å². The Morgan fingerprint density at radius 1 is 1.20 bits per heavy atom. The molecule has 0 unspecified atom stereocenters. The fourth-order valence-corrected chi connectivity index (χ4v) is 2.48. The molecule has 0 radical (unpaired) electrons. The zero-order chi connectivity index (χ0) is 11.3. The van der Waals surface area contributed by atoms with E-state index in [4.69, 9.17) is 0 Å². The Bertz CT molecular complexity index is 166. The van der Waals surface area contributed by atoms with Gasteiger partial charge in [0.25, 0.3) is 0 Å². The average molecular weight is 212 g/mol. The second-order valence-corrected chi connectivity index (χ2v) is 6.23. The van der Waals surface area contributed by atoms with E-state index in [1.807, 2.05) is 0 Å². The third-order valence-corrected chi connectivity index (χ3v) is 3.03. The van der Waals surface area contributed by atoms with Crippen molar-refractivity contribution < 1.29 is 0 Å². The van der Waals surface area contributed by atoms with Crippen molar-refractivity contribution in [1.82, 2.24) is 10.2 Å². The van der Waals surface area contributed by atoms with E-state index in [9.17, 15) is 0 Å². The molecule has 1 rings (SSSR count). The monoisotopic (exact) mass is 212 g/mol. The van der Waals surface area contributed by atoms with Crippen molar-refractivity contribution in [2.45, 2.75) is 52.5 Å². The first kappa shape index (κ1) is 13.0. The van der Waals surface area contributed by atoms with Crippen molar-refractivity contribution in [3.8, 4) is 0 Å². The molecule has 0 aromatic heterocycles. The Labute approximate surface area is 95.4 Å². The summed E-state index contributed by atoms with van der Waals surface area (Å²) >= 11 is 0. The van der Waals surface area contributed by atoms with Gasteiger partial charge in [0.1, 0.15) is 0 Å². The minimum Gasteiger partial charge on any atom is -0.313 e. The lowest BCUT2D eigenvalue weighted by Gasteiger charge is -2.27. The van der Waals surface area contributed by atoms with Gasteiger partial charge in [0.2, 0.25) is 0 Å². The van der Waals surface area contributed by atoms with Crippen LogP contribution in [0.2, 0.25) is 0 Å². The normalized spacial score (nSPS) is 19.0. The predicted molar refractivity (Wildman–Crippen MR) is 67.2 cm³/mol. The molecule has 15 heavy (non-hydrogen) atoms. The molecule has 0 aliphatic heterocycles. The summed E-state index contributed by atoms with van der Waals surface area (Å²) in [4.78, 5) is 2.43. The van der Waals surface area contributed by atoms with E-state index in [1.165, 1.54) is 38.8 Å². The Balaban J connectivity index is 2.03. The molecule has 1 aliphatic rings. The molecule has 0 aromatic rings. The van der Waals surface area contributed by atoms with Gasteiger partial charge in [-0.25, -0.2) is 0 Å². The quantitative estimate of drug-likeness (QED) is 0.753. The van der Waals surface area contributed by atoms with Gasteiger partial charge in [-0.15, -0.1) is 0 Å². The van der Waals surface area contributed by atoms with Crippen LogP contribution in [0.4, 0.5) is 0 Å². The molecule has 2 heteroatoms. The Hall–Kier alpha value is -0.0800. The lowest BCUT2D eigenvalue weighted by molar-refractivity contribution is 0.225. The molecule has 1 N–H and O–H groups in total. The van der Waals surface area contributed by atoms with Crippen molar-refractivity contribution in [3.63, 3.8) is 0 Å². The maximum Gasteiger partial charge on any atom is 0.0104 e. The topological polar surface area (TPSA) is 15.3 Å². The molecule has 1 aliphatic carbocycles. The van der Waals surface area contributed by atoms with E-state index >= 15 is 0 Å². The zero-order valence-corrected chi connectivity index (χ0v) is 11.0. The highest BCUT2D eigenvalue weighted by molar-refractivity contribution is 4.74. The summed E-state index contributed by atoms with van der Waals surface area (Å²) in [6.07, 6.45) is 5.64. The van der Waals surface area contributed by atoms with Crippen LogP contribution in [0.15, 0.2) is 0 Å². The maximum absolute atomic E-state index is 3.66. The van der Waals surface area contributed by atoms with Gasteiger partial charge in [0.05, 0.1) is 0 Å². The lowest BCUT2D eigenvalue weighted by Crippen LogP contribution is -2.37. The van der Waals surface area contributed by atoms with E-state index in [-0.39, 0.29) is 0 Å². The number of hydrogen-bond acceptors (Lipinski definition) is 2. The summed E-state index contributed by atoms with van der Waals surface area (Å²) in [5.41, 5.74) is 0.419. The zero-order valence-electron chi connectivity index (χ0n) is 11.0. The smallest absolute Gasteiger partial charge is 0.0104 e. The van der Waals surface area contributed by atoms with E-state index in [2.05, 4.69) is 38.0 Å². The molecule has 0 atom stereocenters. The van der Waals surface area contributed by atoms with E-state index in [0.717, 1.165) is 12.6 Å². The summed E-state index contributed by atoms with van der Waals surface area (Å²) in [5, 5.41) is 3.66. The molecule has 1 fully saturated rings. The van der Waals surface area contributed by atoms with Gasteiger partial charge >= 0.3 is 0 Å². The summed E-state index contributed by atoms with van der Waals surface area (Å²) in [5.74, 6) is 0. The fourth-order valence-electron chi connectivity index (χ4n) is 2.48. The lowest BCUT2D eigenvalue weighted by atomic mass is 9.96. The molecule has 0 amide bonds. The van der Waals surface area contributed by atoms with Crippen molar-refractivity contribution >= 4 is 0 Å². The van der Waals surface area contributed by atoms with Crippen molar-refractivity contribution in [1.29, 1.82) is 0 Å². The van der Waals surface area contributed by atoms with Crippen LogP contribution in [0.1, 0.15) is 46.5 Å². The van der Waals surface area contributed by atoms with Crippen molar-refractivity contribution in [3.05, 3.63) is 0 Å². The van der Waals surface area contributed by atoms with Gasteiger partial charge in [-0.3, -0.25) is 0 Å². The number of nitrogens with zero attached hydrogens (tertiary/aromatic N) is 1. The van der Waals surface area contributed by atoms with Crippen LogP contribution in [-0.4, -0.2) is 37.6 Å². The number of nitrogens with one attached hydrogen (secondary N) is 1. The number of hydrogen-bond donors (Lipinski definition) is 1. The Morgan fingerprint density at radius 3 is 2.33 bits per heavy atom. The largest absolute Gasteiger partial charge is 0.313 e. The van der Waals surface area contributed by atoms with E-state index < -0.39 is 0 Å². The molecule has 2 nitrogen and oxygen atoms in total. The van der Waals surface area contributed by atoms with Gasteiger partial charge in [0.15, 0.2) is 0 Å². The first-order chi connectivity index (χ1) is 6.97. The van der Waals surface area contributed by atoms with Gasteiger partial charge in [0, 0.05) is 25.7 Å². The van der Waals surface area contributed by atoms with Crippen molar-refractivity contribution in [2.24, 2.45) is 5.41 Å². The third kappa shape index (κ3) is 6.16. The third-order valence-electron chi connectivity index (χ3n) is 3.03. The molecule has 0 spiro atoms. The molecular weight excluding hydrogens is 184 g/mol. The Morgan fingerprint density at radius 2 is 1.80 bits per heavy atom. The van der Waals surface area contributed by atoms with Gasteiger partial charge in [-0.1, -0.05) is 33.6 Å². The minimum atomic E-state index is 0.419. The van der Waals surface area contributed by atoms with Crippen LogP contribution in [0.25, 0.3) is 0 Å². The molecule has 1 saturated carbocycles. The molecule has 0 bridgehead atoms. The average Bonchev–Trinajstić information content (AvgIpc) is 2.53. The first-order valence-electron chi connectivity index (χ1n) is 6.39. The van der Waals surface area contributed by atoms with Crippen LogP contribution in [0.5, 0.6) is 0 Å². The molecule has 90 valence electrons. The van der Waals surface area contributed by atoms with Gasteiger partial charge in [-0.2, -0.15) is 0 Å². The first-order valence-corrected chi connectivity index (χ1v) is 6.39. The highest BCUT2D eigenvalue weighted by atomic mass is 15.1. The molecule has 0 aromatic carbocycles. The maximum atomic E-state index is 3.66. The summed E-state index contributed by atoms with van der Waals surface area (Å²) in [6.45, 7) is 10.4. The van der Waals surface area contributed by atoms with Gasteiger partial charge in [-0.05, 0) is 25.3 Å². The van der Waals surface area contributed by atoms with Crippen molar-refractivity contribution in [2.75, 3.05) is 26.7 Å². The summed E-state index contributed by atoms with van der Waals surface area (Å²) in [7, 11) is 2.22. The highest BCUT2D eigenvalue weighted by Crippen LogP contribution is 2.17. The predicted octanol–water partition coefficient (Wildman–Crippen LogP) is 2.50. The van der Waals surface area contributed by atoms with Gasteiger partial charge < -0.3 is 10.2 Å². The number of rotatable bonds is 5. The highest BCUT2D eigenvalue weighted by Gasteiger charge is 2.15. The van der Waals surface area contributed by atoms with Crippen LogP contribution in [-0.2, 0) is 0 Å². The van der Waals surface area contributed by atoms with Crippen LogP contribution < -0.4 is 5.32 Å². The standard InChI is InChI=1S/C13H28N2/c1-13(2,3)11-15(4)10-9-14-12-7-5-6-8-12/h12,14H,5-11H2,1-4H3. The number of likely N-dealkylation sites (N-methyl/N-ethyl adjacent to an activating group) is 1. The fraction of sp³-hybridized carbons (Fsp3) is 1.00. The molecule has 0 saturated heterocycles. The van der Waals surface area contributed by atoms with E-state index in [1.54, 1.807) is 0 Å². The molecular formula is C13H28N2. The van der Waals surface area contributed by atoms with E-state index in [0.29, 0.717) is 5.41 Å². The Kier molecular flexibility index (Phi) is 5.07. The summed E-state index contributed by atoms with van der Waals surface area (Å²) < 4.78 is 0. The SMILES string of the molecule is CN(CCNC1CCCC1)CC(C)(C)C. The molecule has 0 heterocycles. The van der Waals surface area contributed by atoms with Crippen LogP contribution >= 0.6 is 0 Å².